The van der Waals surface area contributed by atoms with Crippen LogP contribution in [-0.2, 0) is 44.9 Å². The van der Waals surface area contributed by atoms with E-state index in [9.17, 15) is 33.7 Å². The van der Waals surface area contributed by atoms with Gasteiger partial charge in [-0.15, -0.1) is 0 Å². The minimum atomic E-state index is -1.29. The van der Waals surface area contributed by atoms with Crippen LogP contribution in [0.5, 0.6) is 0 Å². The predicted molar refractivity (Wildman–Crippen MR) is 211 cm³/mol. The van der Waals surface area contributed by atoms with Gasteiger partial charge < -0.3 is 21.4 Å². The monoisotopic (exact) mass is 769 g/mol. The summed E-state index contributed by atoms with van der Waals surface area (Å²) in [6.45, 7) is 0.394. The number of aromatic nitrogens is 1. The first kappa shape index (κ1) is 37.3. The number of anilines is 1. The van der Waals surface area contributed by atoms with Gasteiger partial charge in [0.05, 0.1) is 10.8 Å². The molecule has 3 heterocycles. The predicted octanol–water partition coefficient (Wildman–Crippen LogP) is 3.98. The summed E-state index contributed by atoms with van der Waals surface area (Å²) in [5.41, 5.74) is 12.2. The lowest BCUT2D eigenvalue weighted by atomic mass is 9.79. The number of nitro benzene ring substituents is 1. The molecule has 0 spiro atoms. The molecule has 13 nitrogen and oxygen atoms in total. The lowest BCUT2D eigenvalue weighted by molar-refractivity contribution is -0.384. The fraction of sp³-hybridized carbons (Fsp3) is 0.256. The van der Waals surface area contributed by atoms with Gasteiger partial charge in [0.1, 0.15) is 23.9 Å². The van der Waals surface area contributed by atoms with Gasteiger partial charge >= 0.3 is 0 Å². The summed E-state index contributed by atoms with van der Waals surface area (Å²) in [5.74, 6) is -3.53. The number of likely N-dealkylation sites (N-methyl/N-ethyl adjacent to an activating group) is 1. The van der Waals surface area contributed by atoms with Crippen LogP contribution in [0.25, 0.3) is 16.5 Å². The first-order valence-electron chi connectivity index (χ1n) is 18.7. The average Bonchev–Trinajstić information content (AvgIpc) is 3.81. The number of nitro groups is 1. The first-order valence-corrected chi connectivity index (χ1v) is 18.7. The number of non-ortho nitro benzene ring substituents is 1. The number of nitrogens with two attached hydrogens (primary N) is 1. The zero-order chi connectivity index (χ0) is 40.0. The van der Waals surface area contributed by atoms with Crippen LogP contribution in [0.4, 0.5) is 15.8 Å². The number of fused-ring (bicyclic) bond motifs is 3. The summed E-state index contributed by atoms with van der Waals surface area (Å²) in [4.78, 5) is 73.7. The number of H-pyrrole nitrogens is 1. The fourth-order valence-corrected chi connectivity index (χ4v) is 8.47. The number of amides is 4. The van der Waals surface area contributed by atoms with E-state index >= 15 is 0 Å². The Kier molecular flexibility index (Phi) is 9.88. The van der Waals surface area contributed by atoms with Crippen LogP contribution in [0, 0.1) is 21.8 Å². The van der Waals surface area contributed by atoms with Crippen molar-refractivity contribution < 1.29 is 28.5 Å². The van der Waals surface area contributed by atoms with Gasteiger partial charge in [-0.25, -0.2) is 4.39 Å². The van der Waals surface area contributed by atoms with E-state index in [1.54, 1.807) is 24.3 Å². The van der Waals surface area contributed by atoms with E-state index in [2.05, 4.69) is 26.6 Å². The first-order chi connectivity index (χ1) is 27.4. The van der Waals surface area contributed by atoms with Gasteiger partial charge in [0.25, 0.3) is 11.6 Å². The zero-order valence-corrected chi connectivity index (χ0v) is 31.0. The van der Waals surface area contributed by atoms with Crippen LogP contribution in [-0.4, -0.2) is 76.2 Å². The minimum Gasteiger partial charge on any atom is -0.368 e. The number of halogens is 1. The number of nitrogens with one attached hydrogen (secondary N) is 3. The van der Waals surface area contributed by atoms with Crippen LogP contribution in [0.3, 0.4) is 0 Å². The van der Waals surface area contributed by atoms with E-state index in [1.165, 1.54) is 59.0 Å². The Morgan fingerprint density at radius 2 is 1.60 bits per heavy atom. The third-order valence-corrected chi connectivity index (χ3v) is 11.3. The molecule has 8 rings (SSSR count). The molecule has 0 radical (unpaired) electrons. The van der Waals surface area contributed by atoms with Crippen molar-refractivity contribution in [3.63, 3.8) is 0 Å². The second-order valence-corrected chi connectivity index (χ2v) is 15.0. The molecule has 0 bridgehead atoms. The molecule has 3 aliphatic rings. The molecule has 0 fully saturated rings. The summed E-state index contributed by atoms with van der Waals surface area (Å²) >= 11 is 0. The van der Waals surface area contributed by atoms with Crippen molar-refractivity contribution in [3.8, 4) is 0 Å². The van der Waals surface area contributed by atoms with Gasteiger partial charge in [-0.1, -0.05) is 60.7 Å². The van der Waals surface area contributed by atoms with Gasteiger partial charge in [-0.2, -0.15) is 0 Å². The molecule has 1 aliphatic carbocycles. The van der Waals surface area contributed by atoms with Gasteiger partial charge in [0.15, 0.2) is 0 Å². The topological polar surface area (TPSA) is 184 Å². The number of hydrogen-bond acceptors (Lipinski definition) is 7. The largest absolute Gasteiger partial charge is 0.368 e. The van der Waals surface area contributed by atoms with E-state index in [0.29, 0.717) is 23.4 Å². The zero-order valence-electron chi connectivity index (χ0n) is 31.0. The minimum absolute atomic E-state index is 0.0273. The van der Waals surface area contributed by atoms with Gasteiger partial charge in [-0.05, 0) is 71.1 Å². The van der Waals surface area contributed by atoms with Crippen molar-refractivity contribution in [1.29, 1.82) is 0 Å². The van der Waals surface area contributed by atoms with E-state index in [-0.39, 0.29) is 31.0 Å². The number of aromatic amines is 1. The molecule has 5 aromatic rings. The molecule has 1 aromatic heterocycles. The quantitative estimate of drug-likeness (QED) is 0.116. The number of primary amides is 1. The molecule has 290 valence electrons. The van der Waals surface area contributed by atoms with E-state index in [0.717, 1.165) is 34.0 Å². The number of carbonyl (C=O) groups is 4. The van der Waals surface area contributed by atoms with Crippen LogP contribution < -0.4 is 21.3 Å². The van der Waals surface area contributed by atoms with Crippen LogP contribution >= 0.6 is 0 Å². The Morgan fingerprint density at radius 1 is 0.895 bits per heavy atom. The maximum absolute atomic E-state index is 14.6. The van der Waals surface area contributed by atoms with Crippen molar-refractivity contribution in [1.82, 2.24) is 20.5 Å². The maximum Gasteiger partial charge on any atom is 0.269 e. The lowest BCUT2D eigenvalue weighted by Crippen LogP contribution is -2.58. The van der Waals surface area contributed by atoms with Crippen molar-refractivity contribution >= 4 is 51.5 Å². The number of rotatable bonds is 11. The van der Waals surface area contributed by atoms with E-state index in [4.69, 9.17) is 5.73 Å². The van der Waals surface area contributed by atoms with Crippen LogP contribution in [0.1, 0.15) is 27.8 Å². The molecule has 5 N–H and O–H groups in total. The second-order valence-electron chi connectivity index (χ2n) is 15.0. The Hall–Kier alpha value is -6.67. The molecular weight excluding hydrogens is 730 g/mol. The Morgan fingerprint density at radius 3 is 2.32 bits per heavy atom. The Bertz CT molecular complexity index is 2450. The standard InChI is InChI=1S/C43H40FN7O6/c1-49-23-28(19-32-31-6-4-7-33-39(31)27(22-46-33)21-37(32)49)41(53)47-34(17-24-9-13-29(44)14-10-24)42(54)48-35(18-25-11-15-30(16-12-25)51(56)57)43(55)50-36-8-3-2-5-26(36)20-38(50)40(45)52/h2-16,19,22,28,34-35,37-38,46H,17-18,20-21,23H2,1H3,(H2,45,52)(H,47,53)(H,48,54)/t28-,34+,35+,37-,38+/m1/s1. The number of hydrogen-bond donors (Lipinski definition) is 4. The lowest BCUT2D eigenvalue weighted by Gasteiger charge is -2.39. The second kappa shape index (κ2) is 15.1. The smallest absolute Gasteiger partial charge is 0.269 e. The number of benzene rings is 4. The molecule has 0 unspecified atom stereocenters. The van der Waals surface area contributed by atoms with Crippen molar-refractivity contribution in [2.45, 2.75) is 49.9 Å². The molecular formula is C43H40FN7O6. The van der Waals surface area contributed by atoms with Gasteiger partial charge in [0, 0.05) is 66.8 Å². The molecule has 5 atom stereocenters. The number of para-hydroxylation sites is 1. The summed E-state index contributed by atoms with van der Waals surface area (Å²) in [6.07, 6.45) is 4.86. The third kappa shape index (κ3) is 7.27. The van der Waals surface area contributed by atoms with E-state index in [1.807, 2.05) is 31.5 Å². The summed E-state index contributed by atoms with van der Waals surface area (Å²) in [5, 5.41) is 18.3. The molecule has 57 heavy (non-hydrogen) atoms. The molecule has 4 aromatic carbocycles. The van der Waals surface area contributed by atoms with Crippen molar-refractivity contribution in [2.75, 3.05) is 18.5 Å². The maximum atomic E-state index is 14.6. The highest BCUT2D eigenvalue weighted by atomic mass is 19.1. The number of nitrogens with zero attached hydrogens (tertiary/aromatic N) is 3. The number of carbonyl (C=O) groups excluding carboxylic acids is 4. The third-order valence-electron chi connectivity index (χ3n) is 11.3. The highest BCUT2D eigenvalue weighted by molar-refractivity contribution is 6.07. The summed E-state index contributed by atoms with van der Waals surface area (Å²) < 4.78 is 14.0. The van der Waals surface area contributed by atoms with Crippen molar-refractivity contribution in [2.24, 2.45) is 11.7 Å². The molecule has 14 heteroatoms. The van der Waals surface area contributed by atoms with Gasteiger partial charge in [0.2, 0.25) is 17.7 Å². The Labute approximate surface area is 326 Å². The molecule has 4 amide bonds. The summed E-state index contributed by atoms with van der Waals surface area (Å²) in [6, 6.07) is 20.8. The normalized spacial score (nSPS) is 19.5. The van der Waals surface area contributed by atoms with Crippen molar-refractivity contribution in [3.05, 3.63) is 147 Å². The molecule has 2 aliphatic heterocycles. The van der Waals surface area contributed by atoms with Crippen LogP contribution in [0.15, 0.2) is 103 Å². The highest BCUT2D eigenvalue weighted by Crippen LogP contribution is 2.41. The van der Waals surface area contributed by atoms with Gasteiger partial charge in [-0.3, -0.25) is 39.1 Å². The average molecular weight is 770 g/mol. The highest BCUT2D eigenvalue weighted by Gasteiger charge is 2.42. The molecule has 0 saturated carbocycles. The summed E-state index contributed by atoms with van der Waals surface area (Å²) in [7, 11) is 1.97. The fourth-order valence-electron chi connectivity index (χ4n) is 8.47. The Balaban J connectivity index is 1.11. The van der Waals surface area contributed by atoms with Crippen LogP contribution in [0.2, 0.25) is 0 Å². The molecule has 0 saturated heterocycles. The van der Waals surface area contributed by atoms with E-state index < -0.39 is 58.4 Å². The SMILES string of the molecule is CN1C[C@H](C(=O)N[C@@H](Cc2ccc(F)cc2)C(=O)N[C@@H](Cc2ccc([N+](=O)[O-])cc2)C(=O)N2c3ccccc3C[C@H]2C(N)=O)C=C2c3cccc4[nH]cc(c34)C[C@H]21.